The first kappa shape index (κ1) is 21.4. The Labute approximate surface area is 193 Å². The first-order chi connectivity index (χ1) is 15.8. The van der Waals surface area contributed by atoms with Crippen LogP contribution in [0.5, 0.6) is 0 Å². The molecule has 0 amide bonds. The molecular formula is C28H29FN3O+. The largest absolute Gasteiger partial charge is 0.438 e. The highest BCUT2D eigenvalue weighted by molar-refractivity contribution is 6.05. The van der Waals surface area contributed by atoms with Crippen LogP contribution in [0.3, 0.4) is 0 Å². The summed E-state index contributed by atoms with van der Waals surface area (Å²) < 4.78 is 24.0. The van der Waals surface area contributed by atoms with Crippen molar-refractivity contribution in [2.24, 2.45) is 7.05 Å². The summed E-state index contributed by atoms with van der Waals surface area (Å²) in [5, 5.41) is 1.76. The molecule has 0 fully saturated rings. The Balaban J connectivity index is 1.82. The van der Waals surface area contributed by atoms with Crippen molar-refractivity contribution in [3.05, 3.63) is 77.5 Å². The molecule has 3 heterocycles. The van der Waals surface area contributed by atoms with Gasteiger partial charge in [-0.25, -0.2) is 4.57 Å². The maximum atomic E-state index is 13.7. The minimum Gasteiger partial charge on any atom is -0.438 e. The lowest BCUT2D eigenvalue weighted by Crippen LogP contribution is -2.29. The van der Waals surface area contributed by atoms with E-state index in [-0.39, 0.29) is 0 Å². The molecule has 4 nitrogen and oxygen atoms in total. The molecule has 0 aliphatic heterocycles. The number of aromatic nitrogens is 3. The van der Waals surface area contributed by atoms with E-state index in [4.69, 9.17) is 4.42 Å². The zero-order valence-corrected chi connectivity index (χ0v) is 20.0. The number of para-hydroxylation sites is 1. The van der Waals surface area contributed by atoms with Crippen molar-refractivity contribution >= 4 is 22.1 Å². The van der Waals surface area contributed by atoms with E-state index in [2.05, 4.69) is 92.4 Å². The molecule has 2 aromatic carbocycles. The number of pyridine rings is 1. The highest BCUT2D eigenvalue weighted by Gasteiger charge is 2.27. The number of fused-ring (bicyclic) bond motifs is 3. The van der Waals surface area contributed by atoms with Gasteiger partial charge in [-0.15, -0.1) is 0 Å². The summed E-state index contributed by atoms with van der Waals surface area (Å²) in [6, 6.07) is 13.9. The Hall–Kier alpha value is -3.47. The highest BCUT2D eigenvalue weighted by Crippen LogP contribution is 2.37. The van der Waals surface area contributed by atoms with Crippen LogP contribution >= 0.6 is 0 Å². The Morgan fingerprint density at radius 3 is 2.33 bits per heavy atom. The molecule has 0 aliphatic carbocycles. The first-order valence-electron chi connectivity index (χ1n) is 11.5. The molecule has 168 valence electrons. The molecule has 5 rings (SSSR count). The number of aryl methyl sites for hydroxylation is 2. The summed E-state index contributed by atoms with van der Waals surface area (Å²) in [5.41, 5.74) is 7.14. The Kier molecular flexibility index (Phi) is 5.08. The number of hydrogen-bond acceptors (Lipinski definition) is 2. The van der Waals surface area contributed by atoms with Crippen LogP contribution in [-0.2, 0) is 7.05 Å². The fourth-order valence-electron chi connectivity index (χ4n) is 4.79. The van der Waals surface area contributed by atoms with Gasteiger partial charge in [-0.05, 0) is 48.6 Å². The Morgan fingerprint density at radius 2 is 1.67 bits per heavy atom. The number of imidazole rings is 1. The summed E-state index contributed by atoms with van der Waals surface area (Å²) in [5.74, 6) is 1.34. The average Bonchev–Trinajstić information content (AvgIpc) is 3.31. The molecule has 5 heteroatoms. The van der Waals surface area contributed by atoms with Crippen molar-refractivity contribution in [3.63, 3.8) is 0 Å². The van der Waals surface area contributed by atoms with Gasteiger partial charge in [-0.3, -0.25) is 0 Å². The predicted molar refractivity (Wildman–Crippen MR) is 130 cm³/mol. The fraction of sp³-hybridized carbons (Fsp3) is 0.286. The van der Waals surface area contributed by atoms with Gasteiger partial charge in [0.1, 0.15) is 23.7 Å². The minimum atomic E-state index is -0.537. The summed E-state index contributed by atoms with van der Waals surface area (Å²) >= 11 is 0. The van der Waals surface area contributed by atoms with Crippen LogP contribution in [0.1, 0.15) is 56.2 Å². The van der Waals surface area contributed by atoms with Gasteiger partial charge in [0.15, 0.2) is 0 Å². The standard InChI is InChI=1S/C28H29FN3O/c1-16(2)19-8-7-9-20(17(3)4)26(19)32-13-12-31(6)28(32)22-15-23-21-10-11-25(29)30-27(21)33-24(23)14-18(22)5/h7-17H,1-6H3/q+1. The topological polar surface area (TPSA) is 34.8 Å². The Morgan fingerprint density at radius 1 is 0.970 bits per heavy atom. The summed E-state index contributed by atoms with van der Waals surface area (Å²) in [7, 11) is 2.08. The number of rotatable bonds is 4. The van der Waals surface area contributed by atoms with Crippen LogP contribution in [0.15, 0.2) is 59.3 Å². The molecule has 0 unspecified atom stereocenters. The van der Waals surface area contributed by atoms with Crippen LogP contribution in [0.25, 0.3) is 39.1 Å². The van der Waals surface area contributed by atoms with E-state index >= 15 is 0 Å². The third-order valence-electron chi connectivity index (χ3n) is 6.48. The van der Waals surface area contributed by atoms with E-state index in [9.17, 15) is 4.39 Å². The van der Waals surface area contributed by atoms with Gasteiger partial charge < -0.3 is 4.42 Å². The van der Waals surface area contributed by atoms with Crippen molar-refractivity contribution in [3.8, 4) is 17.1 Å². The van der Waals surface area contributed by atoms with E-state index in [1.807, 2.05) is 6.07 Å². The number of hydrogen-bond donors (Lipinski definition) is 0. The van der Waals surface area contributed by atoms with Crippen LogP contribution in [0.4, 0.5) is 4.39 Å². The van der Waals surface area contributed by atoms with E-state index < -0.39 is 5.95 Å². The van der Waals surface area contributed by atoms with Crippen LogP contribution in [0, 0.1) is 12.9 Å². The maximum absolute atomic E-state index is 13.7. The summed E-state index contributed by atoms with van der Waals surface area (Å²) in [4.78, 5) is 3.94. The predicted octanol–water partition coefficient (Wildman–Crippen LogP) is 6.96. The van der Waals surface area contributed by atoms with Crippen LogP contribution in [0.2, 0.25) is 0 Å². The van der Waals surface area contributed by atoms with Gasteiger partial charge >= 0.3 is 0 Å². The second kappa shape index (κ2) is 7.84. The van der Waals surface area contributed by atoms with Crippen molar-refractivity contribution in [1.82, 2.24) is 9.55 Å². The third-order valence-corrected chi connectivity index (χ3v) is 6.48. The molecule has 5 aromatic rings. The average molecular weight is 443 g/mol. The first-order valence-corrected chi connectivity index (χ1v) is 11.5. The molecular weight excluding hydrogens is 413 g/mol. The fourth-order valence-corrected chi connectivity index (χ4v) is 4.79. The molecule has 0 spiro atoms. The quantitative estimate of drug-likeness (QED) is 0.223. The monoisotopic (exact) mass is 442 g/mol. The SMILES string of the molecule is Cc1cc2oc3nc(F)ccc3c2cc1-c1n(-c2c(C(C)C)cccc2C(C)C)cc[n+]1C. The van der Waals surface area contributed by atoms with Crippen molar-refractivity contribution in [2.75, 3.05) is 0 Å². The molecule has 33 heavy (non-hydrogen) atoms. The van der Waals surface area contributed by atoms with Crippen molar-refractivity contribution in [1.29, 1.82) is 0 Å². The zero-order valence-electron chi connectivity index (χ0n) is 20.0. The Bertz CT molecular complexity index is 1480. The molecule has 0 atom stereocenters. The van der Waals surface area contributed by atoms with E-state index in [1.165, 1.54) is 22.9 Å². The van der Waals surface area contributed by atoms with Crippen molar-refractivity contribution in [2.45, 2.75) is 46.5 Å². The second-order valence-electron chi connectivity index (χ2n) is 9.45. The number of nitrogens with zero attached hydrogens (tertiary/aromatic N) is 3. The maximum Gasteiger partial charge on any atom is 0.294 e. The van der Waals surface area contributed by atoms with Gasteiger partial charge in [0, 0.05) is 21.9 Å². The van der Waals surface area contributed by atoms with Gasteiger partial charge in [0.25, 0.3) is 5.82 Å². The van der Waals surface area contributed by atoms with Crippen LogP contribution in [-0.4, -0.2) is 9.55 Å². The van der Waals surface area contributed by atoms with E-state index in [0.29, 0.717) is 17.5 Å². The molecule has 0 saturated carbocycles. The normalized spacial score (nSPS) is 12.0. The lowest BCUT2D eigenvalue weighted by molar-refractivity contribution is -0.659. The summed E-state index contributed by atoms with van der Waals surface area (Å²) in [6.07, 6.45) is 4.25. The smallest absolute Gasteiger partial charge is 0.294 e. The lowest BCUT2D eigenvalue weighted by atomic mass is 9.92. The molecule has 0 radical (unpaired) electrons. The van der Waals surface area contributed by atoms with Gasteiger partial charge in [0.05, 0.1) is 12.6 Å². The highest BCUT2D eigenvalue weighted by atomic mass is 19.1. The molecule has 0 bridgehead atoms. The van der Waals surface area contributed by atoms with E-state index in [1.54, 1.807) is 6.07 Å². The van der Waals surface area contributed by atoms with Gasteiger partial charge in [-0.1, -0.05) is 45.9 Å². The molecule has 3 aromatic heterocycles. The number of furan rings is 1. The second-order valence-corrected chi connectivity index (χ2v) is 9.45. The lowest BCUT2D eigenvalue weighted by Gasteiger charge is -2.18. The van der Waals surface area contributed by atoms with E-state index in [0.717, 1.165) is 33.3 Å². The minimum absolute atomic E-state index is 0.327. The van der Waals surface area contributed by atoms with Crippen molar-refractivity contribution < 1.29 is 13.4 Å². The third kappa shape index (κ3) is 3.43. The van der Waals surface area contributed by atoms with Gasteiger partial charge in [0.2, 0.25) is 11.7 Å². The summed E-state index contributed by atoms with van der Waals surface area (Å²) in [6.45, 7) is 11.1. The van der Waals surface area contributed by atoms with Crippen LogP contribution < -0.4 is 4.57 Å². The number of benzene rings is 2. The molecule has 0 aliphatic rings. The van der Waals surface area contributed by atoms with Gasteiger partial charge in [-0.2, -0.15) is 13.9 Å². The number of halogens is 1. The molecule has 0 saturated heterocycles. The zero-order chi connectivity index (χ0) is 23.4. The molecule has 0 N–H and O–H groups in total.